The molecule has 7 nitrogen and oxygen atoms in total. The molecule has 0 spiro atoms. The molecule has 4 rings (SSSR count). The largest absolute Gasteiger partial charge is 0.455 e. The van der Waals surface area contributed by atoms with Crippen LogP contribution in [0.4, 0.5) is 0 Å². The fourth-order valence-corrected chi connectivity index (χ4v) is 6.03. The first-order valence-electron chi connectivity index (χ1n) is 12.8. The molecule has 1 unspecified atom stereocenters. The van der Waals surface area contributed by atoms with Crippen LogP contribution in [-0.4, -0.2) is 59.8 Å². The number of thiophene rings is 2. The van der Waals surface area contributed by atoms with E-state index in [0.717, 1.165) is 24.8 Å². The van der Waals surface area contributed by atoms with Gasteiger partial charge in [0.05, 0.1) is 9.75 Å². The highest BCUT2D eigenvalue weighted by atomic mass is 32.1. The van der Waals surface area contributed by atoms with Crippen LogP contribution in [0.5, 0.6) is 0 Å². The second-order valence-corrected chi connectivity index (χ2v) is 11.4. The Morgan fingerprint density at radius 3 is 2.45 bits per heavy atom. The topological polar surface area (TPSA) is 99.1 Å². The maximum atomic E-state index is 13.4. The molecule has 1 aromatic carbocycles. The third-order valence-corrected chi connectivity index (χ3v) is 8.74. The second kappa shape index (κ2) is 13.2. The summed E-state index contributed by atoms with van der Waals surface area (Å²) in [6.07, 6.45) is 6.84. The predicted octanol–water partition coefficient (Wildman–Crippen LogP) is 4.17. The summed E-state index contributed by atoms with van der Waals surface area (Å²) in [5.74, 6) is -0.613. The van der Waals surface area contributed by atoms with Crippen LogP contribution in [0.25, 0.3) is 0 Å². The van der Waals surface area contributed by atoms with Crippen molar-refractivity contribution in [1.82, 2.24) is 10.2 Å². The van der Waals surface area contributed by atoms with Gasteiger partial charge in [-0.2, -0.15) is 0 Å². The molecule has 0 bridgehead atoms. The van der Waals surface area contributed by atoms with E-state index in [-0.39, 0.29) is 18.4 Å². The number of nitrogens with zero attached hydrogens (tertiary/aromatic N) is 1. The molecule has 1 aliphatic rings. The summed E-state index contributed by atoms with van der Waals surface area (Å²) in [6, 6.07) is 14.4. The number of benzene rings is 1. The Labute approximate surface area is 231 Å². The number of carbonyl (C=O) groups excluding carboxylic acids is 2. The molecule has 0 aliphatic heterocycles. The van der Waals surface area contributed by atoms with E-state index >= 15 is 0 Å². The lowest BCUT2D eigenvalue weighted by atomic mass is 9.81. The molecule has 1 atom stereocenters. The minimum absolute atomic E-state index is 0.0424. The number of esters is 1. The molecule has 0 saturated heterocycles. The van der Waals surface area contributed by atoms with Gasteiger partial charge in [-0.25, -0.2) is 4.79 Å². The lowest BCUT2D eigenvalue weighted by molar-refractivity contribution is -0.168. The number of aliphatic hydroxyl groups is 2. The average molecular weight is 555 g/mol. The standard InChI is InChI=1S/C29H34N2O5S2/c1-31(16-14-30-27(33)23-9-2-6-21(20-23)13-17-32)15-12-24(22-7-3-8-22)36-28(34)29(35,25-10-4-18-37-25)26-11-5-19-38-26/h2,4-6,9-12,15,18-20,22,24,32,35H,3,7-8,13-14,16-17H2,1H3,(H,30,33)/b15-12+. The quantitative estimate of drug-likeness (QED) is 0.275. The second-order valence-electron chi connectivity index (χ2n) is 9.48. The van der Waals surface area contributed by atoms with E-state index in [1.165, 1.54) is 22.7 Å². The van der Waals surface area contributed by atoms with E-state index in [1.807, 2.05) is 59.2 Å². The van der Waals surface area contributed by atoms with Gasteiger partial charge >= 0.3 is 5.97 Å². The van der Waals surface area contributed by atoms with Gasteiger partial charge in [-0.1, -0.05) is 30.7 Å². The highest BCUT2D eigenvalue weighted by molar-refractivity contribution is 7.12. The summed E-state index contributed by atoms with van der Waals surface area (Å²) in [4.78, 5) is 29.0. The fourth-order valence-electron chi connectivity index (χ4n) is 4.31. The third kappa shape index (κ3) is 6.71. The van der Waals surface area contributed by atoms with Gasteiger partial charge in [0.1, 0.15) is 6.10 Å². The average Bonchev–Trinajstić information content (AvgIpc) is 3.61. The Morgan fingerprint density at radius 2 is 1.87 bits per heavy atom. The zero-order valence-electron chi connectivity index (χ0n) is 21.4. The van der Waals surface area contributed by atoms with Crippen molar-refractivity contribution in [3.8, 4) is 0 Å². The first kappa shape index (κ1) is 28.0. The Balaban J connectivity index is 1.35. The van der Waals surface area contributed by atoms with Gasteiger partial charge in [0, 0.05) is 32.3 Å². The van der Waals surface area contributed by atoms with Crippen LogP contribution in [0.3, 0.4) is 0 Å². The first-order valence-corrected chi connectivity index (χ1v) is 14.6. The Morgan fingerprint density at radius 1 is 1.16 bits per heavy atom. The lowest BCUT2D eigenvalue weighted by Crippen LogP contribution is -2.41. The number of amides is 1. The number of hydrogen-bond donors (Lipinski definition) is 3. The Kier molecular flexibility index (Phi) is 9.74. The summed E-state index contributed by atoms with van der Waals surface area (Å²) >= 11 is 2.65. The zero-order chi connectivity index (χ0) is 27.0. The van der Waals surface area contributed by atoms with E-state index in [9.17, 15) is 14.7 Å². The smallest absolute Gasteiger partial charge is 0.350 e. The molecule has 0 radical (unpaired) electrons. The molecule has 1 saturated carbocycles. The van der Waals surface area contributed by atoms with E-state index < -0.39 is 17.7 Å². The van der Waals surface area contributed by atoms with Gasteiger partial charge < -0.3 is 25.2 Å². The van der Waals surface area contributed by atoms with Crippen LogP contribution < -0.4 is 5.32 Å². The lowest BCUT2D eigenvalue weighted by Gasteiger charge is -2.34. The predicted molar refractivity (Wildman–Crippen MR) is 150 cm³/mol. The molecule has 1 fully saturated rings. The van der Waals surface area contributed by atoms with E-state index in [2.05, 4.69) is 5.32 Å². The maximum Gasteiger partial charge on any atom is 0.350 e. The van der Waals surface area contributed by atoms with Crippen LogP contribution in [0.15, 0.2) is 71.6 Å². The van der Waals surface area contributed by atoms with Crippen molar-refractivity contribution in [3.05, 3.63) is 92.4 Å². The highest BCUT2D eigenvalue weighted by Crippen LogP contribution is 2.39. The van der Waals surface area contributed by atoms with Gasteiger partial charge in [0.15, 0.2) is 0 Å². The first-order chi connectivity index (χ1) is 18.4. The number of nitrogens with one attached hydrogen (secondary N) is 1. The molecule has 1 amide bonds. The third-order valence-electron chi connectivity index (χ3n) is 6.78. The Bertz CT molecular complexity index is 1170. The van der Waals surface area contributed by atoms with Gasteiger partial charge in [-0.3, -0.25) is 4.79 Å². The molecular weight excluding hydrogens is 520 g/mol. The number of hydrogen-bond acceptors (Lipinski definition) is 8. The summed E-state index contributed by atoms with van der Waals surface area (Å²) in [5, 5.41) is 27.3. The highest BCUT2D eigenvalue weighted by Gasteiger charge is 2.45. The van der Waals surface area contributed by atoms with Gasteiger partial charge in [0.2, 0.25) is 5.60 Å². The van der Waals surface area contributed by atoms with Crippen molar-refractivity contribution < 1.29 is 24.5 Å². The van der Waals surface area contributed by atoms with Gasteiger partial charge in [-0.05, 0) is 78.0 Å². The minimum atomic E-state index is -1.83. The number of carbonyl (C=O) groups is 2. The minimum Gasteiger partial charge on any atom is -0.455 e. The molecule has 1 aliphatic carbocycles. The molecule has 2 heterocycles. The van der Waals surface area contributed by atoms with Gasteiger partial charge in [-0.15, -0.1) is 22.7 Å². The normalized spacial score (nSPS) is 14.7. The Hall–Kier alpha value is -2.98. The van der Waals surface area contributed by atoms with Crippen molar-refractivity contribution in [2.75, 3.05) is 26.7 Å². The molecule has 3 aromatic rings. The maximum absolute atomic E-state index is 13.4. The number of likely N-dealkylation sites (N-methyl/N-ethyl adjacent to an activating group) is 1. The molecule has 38 heavy (non-hydrogen) atoms. The summed E-state index contributed by atoms with van der Waals surface area (Å²) in [5.41, 5.74) is -0.347. The van der Waals surface area contributed by atoms with Crippen molar-refractivity contribution >= 4 is 34.6 Å². The molecular formula is C29H34N2O5S2. The van der Waals surface area contributed by atoms with Crippen LogP contribution in [0.2, 0.25) is 0 Å². The molecule has 202 valence electrons. The van der Waals surface area contributed by atoms with Crippen molar-refractivity contribution in [1.29, 1.82) is 0 Å². The molecule has 2 aromatic heterocycles. The summed E-state index contributed by atoms with van der Waals surface area (Å²) < 4.78 is 5.97. The number of rotatable bonds is 13. The number of aliphatic hydroxyl groups excluding tert-OH is 1. The van der Waals surface area contributed by atoms with Gasteiger partial charge in [0.25, 0.3) is 5.91 Å². The summed E-state index contributed by atoms with van der Waals surface area (Å²) in [6.45, 7) is 1.05. The molecule has 9 heteroatoms. The van der Waals surface area contributed by atoms with E-state index in [4.69, 9.17) is 9.84 Å². The number of ether oxygens (including phenoxy) is 1. The molecule has 3 N–H and O–H groups in total. The van der Waals surface area contributed by atoms with Crippen LogP contribution in [-0.2, 0) is 21.6 Å². The van der Waals surface area contributed by atoms with E-state index in [0.29, 0.717) is 34.8 Å². The van der Waals surface area contributed by atoms with Crippen LogP contribution >= 0.6 is 22.7 Å². The summed E-state index contributed by atoms with van der Waals surface area (Å²) in [7, 11) is 1.90. The van der Waals surface area contributed by atoms with Crippen molar-refractivity contribution in [2.45, 2.75) is 37.4 Å². The zero-order valence-corrected chi connectivity index (χ0v) is 23.0. The van der Waals surface area contributed by atoms with Crippen molar-refractivity contribution in [3.63, 3.8) is 0 Å². The monoisotopic (exact) mass is 554 g/mol. The van der Waals surface area contributed by atoms with Crippen LogP contribution in [0.1, 0.15) is 44.9 Å². The SMILES string of the molecule is CN(/C=C/C(OC(=O)C(O)(c1cccs1)c1cccs1)C1CCC1)CCNC(=O)c1cccc(CCO)c1. The van der Waals surface area contributed by atoms with Crippen molar-refractivity contribution in [2.24, 2.45) is 5.92 Å². The van der Waals surface area contributed by atoms with E-state index in [1.54, 1.807) is 24.3 Å². The van der Waals surface area contributed by atoms with Crippen LogP contribution in [0, 0.1) is 5.92 Å². The fraction of sp³-hybridized carbons (Fsp3) is 0.379.